The van der Waals surface area contributed by atoms with E-state index in [1.165, 1.54) is 24.4 Å². The first-order valence-electron chi connectivity index (χ1n) is 8.37. The molecule has 2 N–H and O–H groups in total. The number of aromatic nitrogens is 2. The molecule has 1 aromatic carbocycles. The van der Waals surface area contributed by atoms with Crippen molar-refractivity contribution in [3.8, 4) is 0 Å². The molecule has 0 bridgehead atoms. The summed E-state index contributed by atoms with van der Waals surface area (Å²) < 4.78 is 41.4. The van der Waals surface area contributed by atoms with Crippen LogP contribution in [0.4, 0.5) is 13.2 Å². The van der Waals surface area contributed by atoms with Crippen LogP contribution in [0.3, 0.4) is 0 Å². The van der Waals surface area contributed by atoms with E-state index in [1.54, 1.807) is 31.2 Å². The number of nitrogens with zero attached hydrogens (tertiary/aromatic N) is 3. The summed E-state index contributed by atoms with van der Waals surface area (Å²) in [6.07, 6.45) is -1.30. The summed E-state index contributed by atoms with van der Waals surface area (Å²) >= 11 is 6.08. The average molecular weight is 403 g/mol. The summed E-state index contributed by atoms with van der Waals surface area (Å²) in [5.74, 6) is -0.560. The number of amidine groups is 1. The first-order chi connectivity index (χ1) is 13.3. The van der Waals surface area contributed by atoms with Gasteiger partial charge in [-0.1, -0.05) is 23.7 Å². The van der Waals surface area contributed by atoms with Crippen LogP contribution in [-0.4, -0.2) is 15.8 Å². The van der Waals surface area contributed by atoms with E-state index in [0.29, 0.717) is 22.4 Å². The van der Waals surface area contributed by atoms with Gasteiger partial charge in [0.15, 0.2) is 0 Å². The molecule has 0 aliphatic carbocycles. The normalized spacial score (nSPS) is 18.3. The van der Waals surface area contributed by atoms with Crippen LogP contribution in [0.15, 0.2) is 53.7 Å². The molecule has 142 valence electrons. The van der Waals surface area contributed by atoms with E-state index in [0.717, 1.165) is 0 Å². The number of pyridine rings is 2. The molecule has 0 saturated heterocycles. The van der Waals surface area contributed by atoms with Crippen molar-refractivity contribution in [3.63, 3.8) is 0 Å². The van der Waals surface area contributed by atoms with Crippen molar-refractivity contribution in [1.29, 1.82) is 0 Å². The highest BCUT2D eigenvalue weighted by Crippen LogP contribution is 2.47. The molecule has 1 aliphatic rings. The van der Waals surface area contributed by atoms with Gasteiger partial charge < -0.3 is 5.73 Å². The van der Waals surface area contributed by atoms with Gasteiger partial charge in [-0.05, 0) is 48.4 Å². The fourth-order valence-corrected chi connectivity index (χ4v) is 3.81. The molecule has 0 amide bonds. The van der Waals surface area contributed by atoms with Crippen LogP contribution in [0.5, 0.6) is 0 Å². The average Bonchev–Trinajstić information content (AvgIpc) is 2.96. The molecule has 0 radical (unpaired) electrons. The molecule has 8 heteroatoms. The number of rotatable bonds is 3. The number of hydrogen-bond donors (Lipinski definition) is 1. The molecule has 28 heavy (non-hydrogen) atoms. The van der Waals surface area contributed by atoms with Gasteiger partial charge in [-0.3, -0.25) is 4.98 Å². The first-order valence-corrected chi connectivity index (χ1v) is 8.74. The molecule has 4 rings (SSSR count). The molecule has 4 nitrogen and oxygen atoms in total. The minimum atomic E-state index is -2.77. The SMILES string of the molecule is Cc1cc(C2(c3ccnc(Cl)c3)N=C(N)c3c(F)cccc32)cc(C(F)F)n1. The Labute approximate surface area is 163 Å². The second-order valence-electron chi connectivity index (χ2n) is 6.46. The molecule has 0 saturated carbocycles. The second kappa shape index (κ2) is 6.60. The number of halogens is 4. The number of fused-ring (bicyclic) bond motifs is 1. The van der Waals surface area contributed by atoms with Gasteiger partial charge in [0.1, 0.15) is 28.0 Å². The maximum atomic E-state index is 14.6. The quantitative estimate of drug-likeness (QED) is 0.655. The van der Waals surface area contributed by atoms with Crippen LogP contribution >= 0.6 is 11.6 Å². The van der Waals surface area contributed by atoms with Crippen LogP contribution in [-0.2, 0) is 5.54 Å². The molecular formula is C20H14ClF3N4. The Morgan fingerprint density at radius 2 is 1.89 bits per heavy atom. The minimum Gasteiger partial charge on any atom is -0.383 e. The zero-order chi connectivity index (χ0) is 20.1. The highest BCUT2D eigenvalue weighted by Gasteiger charge is 2.44. The Bertz CT molecular complexity index is 1120. The molecule has 1 atom stereocenters. The minimum absolute atomic E-state index is 0.0194. The number of aliphatic imine (C=N–C) groups is 1. The zero-order valence-electron chi connectivity index (χ0n) is 14.6. The molecule has 3 heterocycles. The highest BCUT2D eigenvalue weighted by molar-refractivity contribution is 6.29. The third-order valence-corrected chi connectivity index (χ3v) is 4.91. The standard InChI is InChI=1S/C20H14ClF3N4/c1-10-7-12(8-15(27-10)18(23)24)20(11-5-6-26-16(21)9-11)13-3-2-4-14(22)17(13)19(25)28-20/h2-9,18H,1H3,(H2,25,28). The monoisotopic (exact) mass is 402 g/mol. The lowest BCUT2D eigenvalue weighted by Gasteiger charge is -2.29. The lowest BCUT2D eigenvalue weighted by Crippen LogP contribution is -2.26. The summed E-state index contributed by atoms with van der Waals surface area (Å²) in [5.41, 5.74) is 6.22. The van der Waals surface area contributed by atoms with Crippen molar-refractivity contribution >= 4 is 17.4 Å². The van der Waals surface area contributed by atoms with Gasteiger partial charge in [0.2, 0.25) is 0 Å². The molecule has 2 aromatic heterocycles. The van der Waals surface area contributed by atoms with E-state index >= 15 is 0 Å². The highest BCUT2D eigenvalue weighted by atomic mass is 35.5. The van der Waals surface area contributed by atoms with E-state index < -0.39 is 23.5 Å². The molecule has 3 aromatic rings. The molecule has 0 spiro atoms. The Morgan fingerprint density at radius 3 is 2.61 bits per heavy atom. The largest absolute Gasteiger partial charge is 0.383 e. The van der Waals surface area contributed by atoms with Crippen LogP contribution < -0.4 is 5.73 Å². The summed E-state index contributed by atoms with van der Waals surface area (Å²) in [4.78, 5) is 12.4. The lowest BCUT2D eigenvalue weighted by atomic mass is 9.77. The van der Waals surface area contributed by atoms with E-state index in [-0.39, 0.29) is 16.6 Å². The summed E-state index contributed by atoms with van der Waals surface area (Å²) in [5, 5.41) is 0.190. The van der Waals surface area contributed by atoms with Gasteiger partial charge in [-0.2, -0.15) is 0 Å². The van der Waals surface area contributed by atoms with E-state index in [4.69, 9.17) is 17.3 Å². The van der Waals surface area contributed by atoms with Gasteiger partial charge in [-0.15, -0.1) is 0 Å². The Balaban J connectivity index is 2.12. The van der Waals surface area contributed by atoms with E-state index in [2.05, 4.69) is 15.0 Å². The van der Waals surface area contributed by atoms with Crippen molar-refractivity contribution in [1.82, 2.24) is 9.97 Å². The van der Waals surface area contributed by atoms with E-state index in [9.17, 15) is 13.2 Å². The maximum Gasteiger partial charge on any atom is 0.280 e. The molecule has 1 aliphatic heterocycles. The van der Waals surface area contributed by atoms with Crippen molar-refractivity contribution in [2.75, 3.05) is 0 Å². The van der Waals surface area contributed by atoms with Gasteiger partial charge in [-0.25, -0.2) is 23.1 Å². The number of aryl methyl sites for hydroxylation is 1. The van der Waals surface area contributed by atoms with E-state index in [1.807, 2.05) is 0 Å². The summed E-state index contributed by atoms with van der Waals surface area (Å²) in [6, 6.07) is 10.6. The van der Waals surface area contributed by atoms with Gasteiger partial charge in [0.25, 0.3) is 6.43 Å². The summed E-state index contributed by atoms with van der Waals surface area (Å²) in [7, 11) is 0. The predicted molar refractivity (Wildman–Crippen MR) is 100 cm³/mol. The van der Waals surface area contributed by atoms with Gasteiger partial charge >= 0.3 is 0 Å². The van der Waals surface area contributed by atoms with Crippen molar-refractivity contribution < 1.29 is 13.2 Å². The number of hydrogen-bond acceptors (Lipinski definition) is 4. The van der Waals surface area contributed by atoms with Crippen molar-refractivity contribution in [2.45, 2.75) is 18.9 Å². The Morgan fingerprint density at radius 1 is 1.11 bits per heavy atom. The first kappa shape index (κ1) is 18.4. The van der Waals surface area contributed by atoms with Gasteiger partial charge in [0, 0.05) is 17.5 Å². The van der Waals surface area contributed by atoms with Crippen molar-refractivity contribution in [2.24, 2.45) is 10.7 Å². The zero-order valence-corrected chi connectivity index (χ0v) is 15.4. The smallest absolute Gasteiger partial charge is 0.280 e. The fraction of sp³-hybridized carbons (Fsp3) is 0.150. The van der Waals surface area contributed by atoms with Crippen LogP contribution in [0, 0.1) is 12.7 Å². The fourth-order valence-electron chi connectivity index (χ4n) is 3.63. The Kier molecular flexibility index (Phi) is 4.34. The third-order valence-electron chi connectivity index (χ3n) is 4.71. The topological polar surface area (TPSA) is 64.2 Å². The van der Waals surface area contributed by atoms with Crippen molar-refractivity contribution in [3.05, 3.63) is 93.3 Å². The maximum absolute atomic E-state index is 14.6. The number of nitrogens with two attached hydrogens (primary N) is 1. The second-order valence-corrected chi connectivity index (χ2v) is 6.85. The third kappa shape index (κ3) is 2.74. The number of benzene rings is 1. The lowest BCUT2D eigenvalue weighted by molar-refractivity contribution is 0.145. The predicted octanol–water partition coefficient (Wildman–Crippen LogP) is 4.53. The van der Waals surface area contributed by atoms with Gasteiger partial charge in [0.05, 0.1) is 5.56 Å². The van der Waals surface area contributed by atoms with Crippen LogP contribution in [0.1, 0.15) is 40.1 Å². The van der Waals surface area contributed by atoms with Crippen LogP contribution in [0.25, 0.3) is 0 Å². The Hall–Kier alpha value is -2.93. The molecule has 1 unspecified atom stereocenters. The molecule has 0 fully saturated rings. The molecular weight excluding hydrogens is 389 g/mol. The number of alkyl halides is 2. The summed E-state index contributed by atoms with van der Waals surface area (Å²) in [6.45, 7) is 1.61. The van der Waals surface area contributed by atoms with Crippen LogP contribution in [0.2, 0.25) is 5.15 Å².